The van der Waals surface area contributed by atoms with E-state index in [9.17, 15) is 13.2 Å². The number of amides is 1. The average molecular weight is 363 g/mol. The Balaban J connectivity index is 1.70. The molecule has 1 amide bonds. The van der Waals surface area contributed by atoms with E-state index in [1.807, 2.05) is 53.4 Å². The maximum absolute atomic E-state index is 11.9. The molecule has 1 heterocycles. The fourth-order valence-electron chi connectivity index (χ4n) is 2.24. The SMILES string of the molecule is CC(C)S(=O)(=O)NCCCCC(=O)Nc1ccc(-n2cccc2)cc1. The Morgan fingerprint density at radius 3 is 2.32 bits per heavy atom. The Morgan fingerprint density at radius 1 is 1.08 bits per heavy atom. The van der Waals surface area contributed by atoms with Gasteiger partial charge in [-0.2, -0.15) is 0 Å². The molecule has 0 aliphatic rings. The van der Waals surface area contributed by atoms with Gasteiger partial charge in [0, 0.05) is 36.7 Å². The summed E-state index contributed by atoms with van der Waals surface area (Å²) in [5.74, 6) is -0.0690. The lowest BCUT2D eigenvalue weighted by Crippen LogP contribution is -2.31. The Labute approximate surface area is 149 Å². The van der Waals surface area contributed by atoms with Crippen molar-refractivity contribution in [3.63, 3.8) is 0 Å². The summed E-state index contributed by atoms with van der Waals surface area (Å²) in [6.07, 6.45) is 5.55. The summed E-state index contributed by atoms with van der Waals surface area (Å²) in [6, 6.07) is 11.5. The molecule has 2 N–H and O–H groups in total. The van der Waals surface area contributed by atoms with E-state index in [0.717, 1.165) is 11.4 Å². The van der Waals surface area contributed by atoms with Crippen molar-refractivity contribution in [2.45, 2.75) is 38.4 Å². The van der Waals surface area contributed by atoms with Crippen molar-refractivity contribution < 1.29 is 13.2 Å². The molecule has 0 saturated heterocycles. The molecule has 6 nitrogen and oxygen atoms in total. The van der Waals surface area contributed by atoms with E-state index in [2.05, 4.69) is 10.0 Å². The molecule has 0 aliphatic heterocycles. The van der Waals surface area contributed by atoms with Crippen molar-refractivity contribution in [3.05, 3.63) is 48.8 Å². The van der Waals surface area contributed by atoms with E-state index < -0.39 is 15.3 Å². The number of benzene rings is 1. The number of unbranched alkanes of at least 4 members (excludes halogenated alkanes) is 1. The highest BCUT2D eigenvalue weighted by Crippen LogP contribution is 2.14. The van der Waals surface area contributed by atoms with E-state index >= 15 is 0 Å². The quantitative estimate of drug-likeness (QED) is 0.672. The summed E-state index contributed by atoms with van der Waals surface area (Å²) < 4.78 is 27.7. The minimum atomic E-state index is -3.22. The van der Waals surface area contributed by atoms with Crippen LogP contribution in [0.4, 0.5) is 5.69 Å². The summed E-state index contributed by atoms with van der Waals surface area (Å²) in [6.45, 7) is 3.63. The van der Waals surface area contributed by atoms with Gasteiger partial charge in [0.25, 0.3) is 0 Å². The fourth-order valence-corrected chi connectivity index (χ4v) is 3.00. The minimum absolute atomic E-state index is 0.0690. The zero-order chi connectivity index (χ0) is 18.3. The predicted octanol–water partition coefficient (Wildman–Crippen LogP) is 2.91. The number of carbonyl (C=O) groups excluding carboxylic acids is 1. The van der Waals surface area contributed by atoms with Gasteiger partial charge in [-0.15, -0.1) is 0 Å². The van der Waals surface area contributed by atoms with Crippen LogP contribution in [0.2, 0.25) is 0 Å². The number of sulfonamides is 1. The van der Waals surface area contributed by atoms with Crippen molar-refractivity contribution in [2.24, 2.45) is 0 Å². The van der Waals surface area contributed by atoms with Crippen LogP contribution < -0.4 is 10.0 Å². The molecule has 25 heavy (non-hydrogen) atoms. The van der Waals surface area contributed by atoms with E-state index in [0.29, 0.717) is 25.8 Å². The van der Waals surface area contributed by atoms with Gasteiger partial charge in [-0.05, 0) is 63.1 Å². The number of nitrogens with one attached hydrogen (secondary N) is 2. The fraction of sp³-hybridized carbons (Fsp3) is 0.389. The Kier molecular flexibility index (Phi) is 6.78. The number of hydrogen-bond acceptors (Lipinski definition) is 3. The molecule has 2 rings (SSSR count). The topological polar surface area (TPSA) is 80.2 Å². The first kappa shape index (κ1) is 19.2. The first-order valence-corrected chi connectivity index (χ1v) is 9.95. The van der Waals surface area contributed by atoms with Crippen LogP contribution in [0.25, 0.3) is 5.69 Å². The Hall–Kier alpha value is -2.12. The van der Waals surface area contributed by atoms with E-state index in [-0.39, 0.29) is 5.91 Å². The molecule has 2 aromatic rings. The van der Waals surface area contributed by atoms with E-state index in [1.165, 1.54) is 0 Å². The first-order chi connectivity index (χ1) is 11.9. The van der Waals surface area contributed by atoms with Gasteiger partial charge < -0.3 is 9.88 Å². The second-order valence-electron chi connectivity index (χ2n) is 6.13. The third kappa shape index (κ3) is 6.03. The molecule has 0 saturated carbocycles. The number of anilines is 1. The Morgan fingerprint density at radius 2 is 1.72 bits per heavy atom. The highest BCUT2D eigenvalue weighted by Gasteiger charge is 2.14. The molecule has 0 aliphatic carbocycles. The second-order valence-corrected chi connectivity index (χ2v) is 8.45. The number of aromatic nitrogens is 1. The number of hydrogen-bond donors (Lipinski definition) is 2. The molecule has 1 aromatic carbocycles. The lowest BCUT2D eigenvalue weighted by Gasteiger charge is -2.09. The molecule has 0 fully saturated rings. The standard InChI is InChI=1S/C18H25N3O3S/c1-15(2)25(23,24)19-12-4-3-7-18(22)20-16-8-10-17(11-9-16)21-13-5-6-14-21/h5-6,8-11,13-15,19H,3-4,7,12H2,1-2H3,(H,20,22). The molecule has 0 radical (unpaired) electrons. The van der Waals surface area contributed by atoms with Crippen molar-refractivity contribution in [2.75, 3.05) is 11.9 Å². The van der Waals surface area contributed by atoms with E-state index in [4.69, 9.17) is 0 Å². The average Bonchev–Trinajstić information content (AvgIpc) is 3.09. The molecule has 0 bridgehead atoms. The molecular weight excluding hydrogens is 338 g/mol. The van der Waals surface area contributed by atoms with Gasteiger partial charge in [0.05, 0.1) is 5.25 Å². The highest BCUT2D eigenvalue weighted by molar-refractivity contribution is 7.90. The number of carbonyl (C=O) groups is 1. The van der Waals surface area contributed by atoms with Crippen LogP contribution >= 0.6 is 0 Å². The van der Waals surface area contributed by atoms with Crippen LogP contribution in [0.15, 0.2) is 48.8 Å². The van der Waals surface area contributed by atoms with Crippen molar-refractivity contribution >= 4 is 21.6 Å². The molecule has 136 valence electrons. The van der Waals surface area contributed by atoms with Gasteiger partial charge >= 0.3 is 0 Å². The molecule has 7 heteroatoms. The van der Waals surface area contributed by atoms with Gasteiger partial charge in [0.15, 0.2) is 0 Å². The van der Waals surface area contributed by atoms with Crippen molar-refractivity contribution in [3.8, 4) is 5.69 Å². The normalized spacial score (nSPS) is 11.6. The van der Waals surface area contributed by atoms with Crippen LogP contribution in [-0.2, 0) is 14.8 Å². The van der Waals surface area contributed by atoms with Gasteiger partial charge in [-0.25, -0.2) is 13.1 Å². The smallest absolute Gasteiger partial charge is 0.224 e. The van der Waals surface area contributed by atoms with Crippen LogP contribution in [0, 0.1) is 0 Å². The summed E-state index contributed by atoms with van der Waals surface area (Å²) in [5, 5.41) is 2.41. The maximum Gasteiger partial charge on any atom is 0.224 e. The molecule has 0 atom stereocenters. The van der Waals surface area contributed by atoms with Gasteiger partial charge in [0.1, 0.15) is 0 Å². The van der Waals surface area contributed by atoms with Crippen LogP contribution in [-0.4, -0.2) is 30.7 Å². The lowest BCUT2D eigenvalue weighted by atomic mass is 10.2. The molecule has 0 spiro atoms. The highest BCUT2D eigenvalue weighted by atomic mass is 32.2. The first-order valence-electron chi connectivity index (χ1n) is 8.40. The van der Waals surface area contributed by atoms with Crippen LogP contribution in [0.1, 0.15) is 33.1 Å². The minimum Gasteiger partial charge on any atom is -0.326 e. The largest absolute Gasteiger partial charge is 0.326 e. The summed E-state index contributed by atoms with van der Waals surface area (Å²) in [5.41, 5.74) is 1.78. The maximum atomic E-state index is 11.9. The number of rotatable bonds is 9. The third-order valence-electron chi connectivity index (χ3n) is 3.81. The second kappa shape index (κ2) is 8.82. The van der Waals surface area contributed by atoms with E-state index in [1.54, 1.807) is 13.8 Å². The molecular formula is C18H25N3O3S. The number of nitrogens with zero attached hydrogens (tertiary/aromatic N) is 1. The van der Waals surface area contributed by atoms with Gasteiger partial charge in [-0.1, -0.05) is 0 Å². The van der Waals surface area contributed by atoms with Crippen molar-refractivity contribution in [1.29, 1.82) is 0 Å². The molecule has 1 aromatic heterocycles. The van der Waals surface area contributed by atoms with Gasteiger partial charge in [0.2, 0.25) is 15.9 Å². The summed E-state index contributed by atoms with van der Waals surface area (Å²) in [7, 11) is -3.22. The lowest BCUT2D eigenvalue weighted by molar-refractivity contribution is -0.116. The molecule has 0 unspecified atom stereocenters. The predicted molar refractivity (Wildman–Crippen MR) is 100 cm³/mol. The summed E-state index contributed by atoms with van der Waals surface area (Å²) in [4.78, 5) is 11.9. The Bertz CT molecular complexity index is 766. The third-order valence-corrected chi connectivity index (χ3v) is 5.66. The summed E-state index contributed by atoms with van der Waals surface area (Å²) >= 11 is 0. The van der Waals surface area contributed by atoms with Gasteiger partial charge in [-0.3, -0.25) is 4.79 Å². The zero-order valence-corrected chi connectivity index (χ0v) is 15.4. The van der Waals surface area contributed by atoms with Crippen LogP contribution in [0.5, 0.6) is 0 Å². The monoisotopic (exact) mass is 363 g/mol. The van der Waals surface area contributed by atoms with Crippen molar-refractivity contribution in [1.82, 2.24) is 9.29 Å². The zero-order valence-electron chi connectivity index (χ0n) is 14.6. The van der Waals surface area contributed by atoms with Crippen LogP contribution in [0.3, 0.4) is 0 Å².